The van der Waals surface area contributed by atoms with Gasteiger partial charge >= 0.3 is 0 Å². The van der Waals surface area contributed by atoms with Crippen LogP contribution in [0.25, 0.3) is 0 Å². The number of fused-ring (bicyclic) bond motifs is 1. The van der Waals surface area contributed by atoms with Gasteiger partial charge in [0.05, 0.1) is 5.56 Å². The number of halogens is 1. The number of aromatic nitrogens is 1. The first kappa shape index (κ1) is 15.7. The molecule has 7 heteroatoms. The summed E-state index contributed by atoms with van der Waals surface area (Å²) in [5.41, 5.74) is 0.377. The normalized spacial score (nSPS) is 18.2. The van der Waals surface area contributed by atoms with Crippen molar-refractivity contribution in [2.24, 2.45) is 0 Å². The summed E-state index contributed by atoms with van der Waals surface area (Å²) in [6, 6.07) is 1.32. The van der Waals surface area contributed by atoms with Crippen molar-refractivity contribution in [3.63, 3.8) is 0 Å². The second kappa shape index (κ2) is 6.14. The van der Waals surface area contributed by atoms with E-state index in [0.29, 0.717) is 50.5 Å². The second-order valence-corrected chi connectivity index (χ2v) is 5.91. The summed E-state index contributed by atoms with van der Waals surface area (Å²) >= 11 is 0. The van der Waals surface area contributed by atoms with E-state index >= 15 is 0 Å². The average Bonchev–Trinajstić information content (AvgIpc) is 2.55. The lowest BCUT2D eigenvalue weighted by Gasteiger charge is -2.36. The Morgan fingerprint density at radius 1 is 1.22 bits per heavy atom. The number of pyridine rings is 1. The Hall–Kier alpha value is -2.18. The molecule has 1 aromatic heterocycles. The molecular weight excluding hydrogens is 299 g/mol. The molecule has 1 saturated heterocycles. The smallest absolute Gasteiger partial charge is 0.219 e. The maximum Gasteiger partial charge on any atom is 0.219 e. The van der Waals surface area contributed by atoms with Crippen LogP contribution in [0.3, 0.4) is 0 Å². The Labute approximate surface area is 134 Å². The molecule has 23 heavy (non-hydrogen) atoms. The quantitative estimate of drug-likeness (QED) is 0.822. The van der Waals surface area contributed by atoms with Crippen molar-refractivity contribution in [2.75, 3.05) is 49.1 Å². The second-order valence-electron chi connectivity index (χ2n) is 5.91. The van der Waals surface area contributed by atoms with Crippen molar-refractivity contribution in [1.29, 1.82) is 0 Å². The minimum Gasteiger partial charge on any atom is -0.356 e. The fourth-order valence-electron chi connectivity index (χ4n) is 3.16. The first-order valence-electron chi connectivity index (χ1n) is 8.00. The number of ketones is 1. The van der Waals surface area contributed by atoms with E-state index in [2.05, 4.69) is 4.98 Å². The molecule has 3 heterocycles. The molecule has 0 bridgehead atoms. The van der Waals surface area contributed by atoms with Crippen LogP contribution >= 0.6 is 0 Å². The van der Waals surface area contributed by atoms with Crippen molar-refractivity contribution >= 4 is 23.3 Å². The molecule has 0 N–H and O–H groups in total. The molecule has 0 aromatic carbocycles. The van der Waals surface area contributed by atoms with E-state index in [-0.39, 0.29) is 17.5 Å². The van der Waals surface area contributed by atoms with E-state index in [4.69, 9.17) is 0 Å². The van der Waals surface area contributed by atoms with Gasteiger partial charge in [-0.15, -0.1) is 0 Å². The number of hydrogen-bond acceptors (Lipinski definition) is 5. The zero-order valence-corrected chi connectivity index (χ0v) is 13.5. The van der Waals surface area contributed by atoms with Gasteiger partial charge in [0.25, 0.3) is 0 Å². The highest BCUT2D eigenvalue weighted by molar-refractivity contribution is 6.02. The summed E-state index contributed by atoms with van der Waals surface area (Å²) in [4.78, 5) is 33.5. The van der Waals surface area contributed by atoms with Crippen LogP contribution in [-0.2, 0) is 4.79 Å². The van der Waals surface area contributed by atoms with Gasteiger partial charge in [-0.05, 0) is 13.0 Å². The fourth-order valence-corrected chi connectivity index (χ4v) is 3.16. The standard InChI is InChI=1S/C16H21FN4O2/c1-3-19-5-4-14(23)12-10-13(17)16(18-15(12)19)21-8-6-20(7-9-21)11(2)22/h10H,3-9H2,1-2H3. The van der Waals surface area contributed by atoms with E-state index in [1.807, 2.05) is 16.7 Å². The molecule has 0 aliphatic carbocycles. The maximum atomic E-state index is 14.5. The van der Waals surface area contributed by atoms with Crippen molar-refractivity contribution in [3.05, 3.63) is 17.4 Å². The van der Waals surface area contributed by atoms with Crippen LogP contribution < -0.4 is 9.80 Å². The van der Waals surface area contributed by atoms with E-state index < -0.39 is 5.82 Å². The van der Waals surface area contributed by atoms with Crippen molar-refractivity contribution in [2.45, 2.75) is 20.3 Å². The number of Topliss-reactive ketones (excluding diaryl/α,β-unsaturated/α-hetero) is 1. The van der Waals surface area contributed by atoms with Crippen LogP contribution in [0.2, 0.25) is 0 Å². The lowest BCUT2D eigenvalue weighted by molar-refractivity contribution is -0.129. The van der Waals surface area contributed by atoms with Crippen LogP contribution in [0.5, 0.6) is 0 Å². The summed E-state index contributed by atoms with van der Waals surface area (Å²) in [5, 5.41) is 0. The molecule has 2 aliphatic rings. The lowest BCUT2D eigenvalue weighted by atomic mass is 10.0. The highest BCUT2D eigenvalue weighted by Gasteiger charge is 2.28. The molecule has 0 unspecified atom stereocenters. The number of amides is 1. The zero-order valence-electron chi connectivity index (χ0n) is 13.5. The van der Waals surface area contributed by atoms with Crippen molar-refractivity contribution in [3.8, 4) is 0 Å². The zero-order chi connectivity index (χ0) is 16.6. The highest BCUT2D eigenvalue weighted by atomic mass is 19.1. The molecule has 6 nitrogen and oxygen atoms in total. The van der Waals surface area contributed by atoms with E-state index in [9.17, 15) is 14.0 Å². The van der Waals surface area contributed by atoms with E-state index in [1.165, 1.54) is 13.0 Å². The van der Waals surface area contributed by atoms with Crippen LogP contribution in [-0.4, -0.2) is 60.8 Å². The van der Waals surface area contributed by atoms with Gasteiger partial charge in [-0.1, -0.05) is 0 Å². The van der Waals surface area contributed by atoms with Crippen molar-refractivity contribution < 1.29 is 14.0 Å². The molecule has 0 saturated carbocycles. The molecule has 1 amide bonds. The molecule has 0 radical (unpaired) electrons. The van der Waals surface area contributed by atoms with Gasteiger partial charge in [0.1, 0.15) is 5.82 Å². The highest BCUT2D eigenvalue weighted by Crippen LogP contribution is 2.30. The van der Waals surface area contributed by atoms with Gasteiger partial charge in [-0.3, -0.25) is 9.59 Å². The lowest BCUT2D eigenvalue weighted by Crippen LogP contribution is -2.48. The molecule has 124 valence electrons. The topological polar surface area (TPSA) is 56.8 Å². The van der Waals surface area contributed by atoms with Crippen molar-refractivity contribution in [1.82, 2.24) is 9.88 Å². The number of hydrogen-bond donors (Lipinski definition) is 0. The molecule has 1 aromatic rings. The number of piperazine rings is 1. The van der Waals surface area contributed by atoms with Gasteiger partial charge in [0.15, 0.2) is 17.4 Å². The van der Waals surface area contributed by atoms with Crippen LogP contribution in [0.15, 0.2) is 6.07 Å². The van der Waals surface area contributed by atoms with Gasteiger partial charge in [-0.25, -0.2) is 9.37 Å². The molecule has 0 atom stereocenters. The Balaban J connectivity index is 1.89. The molecule has 2 aliphatic heterocycles. The Bertz CT molecular complexity index is 641. The first-order chi connectivity index (χ1) is 11.0. The average molecular weight is 320 g/mol. The minimum absolute atomic E-state index is 0.0336. The molecule has 3 rings (SSSR count). The third-order valence-corrected chi connectivity index (χ3v) is 4.55. The molecule has 1 fully saturated rings. The summed E-state index contributed by atoms with van der Waals surface area (Å²) < 4.78 is 14.5. The van der Waals surface area contributed by atoms with Gasteiger partial charge in [0, 0.05) is 52.6 Å². The SMILES string of the molecule is CCN1CCC(=O)c2cc(F)c(N3CCN(C(C)=O)CC3)nc21. The predicted molar refractivity (Wildman–Crippen MR) is 85.5 cm³/mol. The Morgan fingerprint density at radius 3 is 2.52 bits per heavy atom. The fraction of sp³-hybridized carbons (Fsp3) is 0.562. The summed E-state index contributed by atoms with van der Waals surface area (Å²) in [7, 11) is 0. The largest absolute Gasteiger partial charge is 0.356 e. The van der Waals surface area contributed by atoms with Crippen LogP contribution in [0, 0.1) is 5.82 Å². The maximum absolute atomic E-state index is 14.5. The summed E-state index contributed by atoms with van der Waals surface area (Å²) in [6.45, 7) is 7.10. The third-order valence-electron chi connectivity index (χ3n) is 4.55. The molecular formula is C16H21FN4O2. The predicted octanol–water partition coefficient (Wildman–Crippen LogP) is 1.30. The van der Waals surface area contributed by atoms with E-state index in [0.717, 1.165) is 6.54 Å². The first-order valence-corrected chi connectivity index (χ1v) is 8.00. The van der Waals surface area contributed by atoms with E-state index in [1.54, 1.807) is 4.90 Å². The van der Waals surface area contributed by atoms with Gasteiger partial charge < -0.3 is 14.7 Å². The number of nitrogens with zero attached hydrogens (tertiary/aromatic N) is 4. The minimum atomic E-state index is -0.466. The third kappa shape index (κ3) is 2.87. The monoisotopic (exact) mass is 320 g/mol. The summed E-state index contributed by atoms with van der Waals surface area (Å²) in [5.74, 6) is 0.371. The Kier molecular flexibility index (Phi) is 4.19. The van der Waals surface area contributed by atoms with Crippen LogP contribution in [0.4, 0.5) is 16.0 Å². The number of carbonyl (C=O) groups is 2. The number of anilines is 2. The summed E-state index contributed by atoms with van der Waals surface area (Å²) in [6.07, 6.45) is 0.401. The van der Waals surface area contributed by atoms with Crippen LogP contribution in [0.1, 0.15) is 30.6 Å². The molecule has 0 spiro atoms. The Morgan fingerprint density at radius 2 is 1.91 bits per heavy atom. The number of carbonyl (C=O) groups excluding carboxylic acids is 2. The van der Waals surface area contributed by atoms with Gasteiger partial charge in [-0.2, -0.15) is 0 Å². The number of rotatable bonds is 2. The van der Waals surface area contributed by atoms with Gasteiger partial charge in [0.2, 0.25) is 5.91 Å².